The number of phenolic OH excluding ortho intramolecular Hbond substituents is 1. The number of aliphatic hydroxyl groups is 1. The van der Waals surface area contributed by atoms with E-state index in [0.29, 0.717) is 12.8 Å². The van der Waals surface area contributed by atoms with E-state index < -0.39 is 17.4 Å². The Balaban J connectivity index is 1.80. The lowest BCUT2D eigenvalue weighted by molar-refractivity contribution is -0.0646. The van der Waals surface area contributed by atoms with Gasteiger partial charge in [-0.15, -0.1) is 6.42 Å². The normalized spacial score (nSPS) is 47.8. The average Bonchev–Trinajstić information content (AvgIpc) is 2.76. The Hall–Kier alpha value is -1.46. The monoisotopic (exact) mass is 300 g/mol. The largest absolute Gasteiger partial charge is 0.508 e. The minimum atomic E-state index is -1.83. The number of phenols is 1. The van der Waals surface area contributed by atoms with E-state index in [9.17, 15) is 10.2 Å². The third-order valence-electron chi connectivity index (χ3n) is 6.55. The van der Waals surface area contributed by atoms with Gasteiger partial charge in [0, 0.05) is 8.16 Å². The molecule has 0 heterocycles. The molecule has 1 aromatic rings. The van der Waals surface area contributed by atoms with Crippen LogP contribution in [0.4, 0.5) is 0 Å². The average molecular weight is 300 g/mol. The number of fused-ring (bicyclic) bond motifs is 5. The topological polar surface area (TPSA) is 40.5 Å². The van der Waals surface area contributed by atoms with Crippen LogP contribution >= 0.6 is 0 Å². The van der Waals surface area contributed by atoms with Crippen molar-refractivity contribution in [3.63, 3.8) is 0 Å². The van der Waals surface area contributed by atoms with Crippen molar-refractivity contribution in [2.75, 3.05) is 0 Å². The molecule has 5 unspecified atom stereocenters. The molecule has 3 aliphatic rings. The zero-order valence-electron chi connectivity index (χ0n) is 16.8. The number of aromatic hydroxyl groups is 1. The summed E-state index contributed by atoms with van der Waals surface area (Å²) in [6.45, 7) is 1.93. The van der Waals surface area contributed by atoms with Crippen molar-refractivity contribution in [3.05, 3.63) is 29.3 Å². The van der Waals surface area contributed by atoms with Gasteiger partial charge in [-0.1, -0.05) is 18.9 Å². The molecule has 0 saturated heterocycles. The first-order valence-electron chi connectivity index (χ1n) is 10.1. The Kier molecular flexibility index (Phi) is 2.13. The maximum absolute atomic E-state index is 11.1. The van der Waals surface area contributed by atoms with Crippen molar-refractivity contribution < 1.29 is 15.7 Å². The highest BCUT2D eigenvalue weighted by atomic mass is 16.3. The van der Waals surface area contributed by atoms with Gasteiger partial charge in [0.1, 0.15) is 11.4 Å². The molecular weight excluding hydrogens is 272 g/mol. The van der Waals surface area contributed by atoms with Crippen LogP contribution in [0.25, 0.3) is 0 Å². The summed E-state index contributed by atoms with van der Waals surface area (Å²) < 4.78 is 32.9. The molecule has 2 fully saturated rings. The predicted octanol–water partition coefficient (Wildman–Crippen LogP) is 3.61. The van der Waals surface area contributed by atoms with E-state index in [1.165, 1.54) is 0 Å². The molecular formula is C20H24O2. The Morgan fingerprint density at radius 1 is 1.45 bits per heavy atom. The quantitative estimate of drug-likeness (QED) is 0.719. The summed E-state index contributed by atoms with van der Waals surface area (Å²) in [6, 6.07) is 1.71. The molecule has 22 heavy (non-hydrogen) atoms. The zero-order valence-corrected chi connectivity index (χ0v) is 12.8. The Morgan fingerprint density at radius 2 is 2.27 bits per heavy atom. The van der Waals surface area contributed by atoms with Crippen molar-refractivity contribution in [2.24, 2.45) is 17.3 Å². The minimum Gasteiger partial charge on any atom is -0.508 e. The molecule has 116 valence electrons. The second kappa shape index (κ2) is 4.52. The summed E-state index contributed by atoms with van der Waals surface area (Å²) in [5.74, 6) is 2.39. The van der Waals surface area contributed by atoms with Crippen LogP contribution in [0.2, 0.25) is 0 Å². The van der Waals surface area contributed by atoms with Crippen LogP contribution in [0.5, 0.6) is 5.75 Å². The first-order valence-corrected chi connectivity index (χ1v) is 8.09. The van der Waals surface area contributed by atoms with Crippen molar-refractivity contribution in [1.82, 2.24) is 0 Å². The second-order valence-corrected chi connectivity index (χ2v) is 7.30. The molecule has 0 spiro atoms. The van der Waals surface area contributed by atoms with Gasteiger partial charge in [0.25, 0.3) is 0 Å². The van der Waals surface area contributed by atoms with Crippen LogP contribution in [0, 0.1) is 29.6 Å². The standard InChI is InChI=1S/C20H24O2/c1-3-20(22)11-9-18-17-6-4-13-12-14(21)5-7-15(13)16(17)8-10-19(18,20)2/h1,5,7,12,16-18,21-22H,4,6,8-11H2,2H3/i5D,11D2,12D. The Morgan fingerprint density at radius 3 is 3.05 bits per heavy atom. The predicted molar refractivity (Wildman–Crippen MR) is 86.5 cm³/mol. The summed E-state index contributed by atoms with van der Waals surface area (Å²) in [7, 11) is 0. The van der Waals surface area contributed by atoms with Gasteiger partial charge in [-0.2, -0.15) is 0 Å². The van der Waals surface area contributed by atoms with E-state index in [2.05, 4.69) is 5.92 Å². The molecule has 2 nitrogen and oxygen atoms in total. The molecule has 0 radical (unpaired) electrons. The summed E-state index contributed by atoms with van der Waals surface area (Å²) in [6.07, 6.45) is 6.81. The van der Waals surface area contributed by atoms with Crippen LogP contribution in [-0.2, 0) is 6.42 Å². The molecule has 0 bridgehead atoms. The second-order valence-electron chi connectivity index (χ2n) is 7.30. The van der Waals surface area contributed by atoms with Crippen molar-refractivity contribution in [2.45, 2.75) is 56.9 Å². The lowest BCUT2D eigenvalue weighted by Gasteiger charge is -2.52. The molecule has 2 heteroatoms. The molecule has 3 aliphatic carbocycles. The number of rotatable bonds is 0. The van der Waals surface area contributed by atoms with Crippen molar-refractivity contribution >= 4 is 0 Å². The summed E-state index contributed by atoms with van der Waals surface area (Å²) in [5.41, 5.74) is -0.676. The SMILES string of the molecule is [2H]c1cc2c(c([2H])c1O)CCC1C2CCC2(C)C1CC([2H])([2H])C2(O)C#C. The molecule has 0 aromatic heterocycles. The highest BCUT2D eigenvalue weighted by molar-refractivity contribution is 5.40. The first kappa shape index (κ1) is 10.3. The van der Waals surface area contributed by atoms with Crippen LogP contribution in [-0.4, -0.2) is 15.8 Å². The fourth-order valence-corrected chi connectivity index (χ4v) is 5.23. The number of hydrogen-bond acceptors (Lipinski definition) is 2. The number of benzene rings is 1. The van der Waals surface area contributed by atoms with E-state index in [-0.39, 0.29) is 42.0 Å². The van der Waals surface area contributed by atoms with Gasteiger partial charge in [0.2, 0.25) is 0 Å². The van der Waals surface area contributed by atoms with Crippen molar-refractivity contribution in [1.29, 1.82) is 0 Å². The first-order chi connectivity index (χ1) is 12.1. The van der Waals surface area contributed by atoms with Crippen LogP contribution in [0.15, 0.2) is 18.2 Å². The molecule has 0 aliphatic heterocycles. The van der Waals surface area contributed by atoms with Crippen LogP contribution in [0.3, 0.4) is 0 Å². The molecule has 1 aromatic carbocycles. The van der Waals surface area contributed by atoms with Crippen LogP contribution < -0.4 is 0 Å². The lowest BCUT2D eigenvalue weighted by atomic mass is 9.53. The molecule has 2 N–H and O–H groups in total. The fourth-order valence-electron chi connectivity index (χ4n) is 5.23. The van der Waals surface area contributed by atoms with Gasteiger partial charge in [0.15, 0.2) is 0 Å². The van der Waals surface area contributed by atoms with Gasteiger partial charge in [-0.25, -0.2) is 0 Å². The van der Waals surface area contributed by atoms with Crippen molar-refractivity contribution in [3.8, 4) is 18.1 Å². The number of terminal acetylenes is 1. The van der Waals surface area contributed by atoms with Gasteiger partial charge < -0.3 is 10.2 Å². The Bertz CT molecular complexity index is 830. The highest BCUT2D eigenvalue weighted by Crippen LogP contribution is 2.64. The molecule has 2 saturated carbocycles. The third kappa shape index (κ3) is 1.66. The minimum absolute atomic E-state index is 0.0235. The van der Waals surface area contributed by atoms with Gasteiger partial charge in [0.05, 0.1) is 2.74 Å². The van der Waals surface area contributed by atoms with E-state index >= 15 is 0 Å². The lowest BCUT2D eigenvalue weighted by Crippen LogP contribution is -2.50. The van der Waals surface area contributed by atoms with Gasteiger partial charge in [-0.05, 0) is 79.4 Å². The fraction of sp³-hybridized carbons (Fsp3) is 0.600. The highest BCUT2D eigenvalue weighted by Gasteiger charge is 2.61. The van der Waals surface area contributed by atoms with E-state index in [1.807, 2.05) is 6.92 Å². The number of hydrogen-bond donors (Lipinski definition) is 2. The van der Waals surface area contributed by atoms with Gasteiger partial charge >= 0.3 is 0 Å². The summed E-state index contributed by atoms with van der Waals surface area (Å²) in [5, 5.41) is 21.0. The molecule has 0 amide bonds. The smallest absolute Gasteiger partial charge is 0.130 e. The van der Waals surface area contributed by atoms with Crippen LogP contribution in [0.1, 0.15) is 61.5 Å². The summed E-state index contributed by atoms with van der Waals surface area (Å²) >= 11 is 0. The Labute approximate surface area is 138 Å². The zero-order chi connectivity index (χ0) is 19.1. The molecule has 4 rings (SSSR count). The van der Waals surface area contributed by atoms with E-state index in [1.54, 1.807) is 6.07 Å². The third-order valence-corrected chi connectivity index (χ3v) is 6.55. The van der Waals surface area contributed by atoms with E-state index in [0.717, 1.165) is 24.0 Å². The summed E-state index contributed by atoms with van der Waals surface area (Å²) in [4.78, 5) is 0. The maximum atomic E-state index is 11.1. The van der Waals surface area contributed by atoms with Gasteiger partial charge in [-0.3, -0.25) is 0 Å². The molecule has 5 atom stereocenters. The van der Waals surface area contributed by atoms with E-state index in [4.69, 9.17) is 11.9 Å². The maximum Gasteiger partial charge on any atom is 0.130 e.